The van der Waals surface area contributed by atoms with Crippen molar-refractivity contribution in [1.82, 2.24) is 9.80 Å². The van der Waals surface area contributed by atoms with E-state index in [1.807, 2.05) is 4.90 Å². The third kappa shape index (κ3) is 4.84. The molecule has 0 unspecified atom stereocenters. The Balaban J connectivity index is 1.73. The maximum Gasteiger partial charge on any atom is 0.219 e. The van der Waals surface area contributed by atoms with Crippen molar-refractivity contribution in [2.45, 2.75) is 39.5 Å². The lowest BCUT2D eigenvalue weighted by Crippen LogP contribution is -2.31. The van der Waals surface area contributed by atoms with Gasteiger partial charge in [0.1, 0.15) is 0 Å². The van der Waals surface area contributed by atoms with Gasteiger partial charge in [-0.3, -0.25) is 4.79 Å². The molecule has 3 heteroatoms. The molecule has 0 radical (unpaired) electrons. The molecule has 0 N–H and O–H groups in total. The van der Waals surface area contributed by atoms with Gasteiger partial charge in [0.05, 0.1) is 0 Å². The van der Waals surface area contributed by atoms with Crippen molar-refractivity contribution < 1.29 is 4.79 Å². The van der Waals surface area contributed by atoms with Gasteiger partial charge in [-0.2, -0.15) is 0 Å². The predicted octanol–water partition coefficient (Wildman–Crippen LogP) is 3.15. The smallest absolute Gasteiger partial charge is 0.219 e. The van der Waals surface area contributed by atoms with E-state index in [9.17, 15) is 4.79 Å². The van der Waals surface area contributed by atoms with Crippen LogP contribution in [0.25, 0.3) is 0 Å². The molecule has 3 nitrogen and oxygen atoms in total. The Morgan fingerprint density at radius 3 is 2.55 bits per heavy atom. The first-order valence-electron chi connectivity index (χ1n) is 8.48. The van der Waals surface area contributed by atoms with Gasteiger partial charge in [0.25, 0.3) is 0 Å². The van der Waals surface area contributed by atoms with Crippen LogP contribution >= 0.6 is 0 Å². The summed E-state index contributed by atoms with van der Waals surface area (Å²) in [6.07, 6.45) is 2.24. The van der Waals surface area contributed by atoms with E-state index in [0.717, 1.165) is 39.0 Å². The third-order valence-electron chi connectivity index (χ3n) is 4.73. The molecule has 122 valence electrons. The number of hydrogen-bond acceptors (Lipinski definition) is 2. The molecular formula is C19H30N2O. The Hall–Kier alpha value is -1.35. The van der Waals surface area contributed by atoms with Crippen LogP contribution in [0.15, 0.2) is 24.3 Å². The maximum absolute atomic E-state index is 11.4. The van der Waals surface area contributed by atoms with Crippen molar-refractivity contribution in [2.24, 2.45) is 5.92 Å². The molecule has 1 saturated heterocycles. The Bertz CT molecular complexity index is 481. The molecule has 0 aliphatic carbocycles. The van der Waals surface area contributed by atoms with Crippen LogP contribution in [-0.4, -0.2) is 48.9 Å². The number of likely N-dealkylation sites (tertiary alicyclic amines) is 1. The number of benzene rings is 1. The molecule has 1 aliphatic heterocycles. The van der Waals surface area contributed by atoms with Crippen LogP contribution < -0.4 is 0 Å². The Morgan fingerprint density at radius 1 is 1.32 bits per heavy atom. The minimum atomic E-state index is 0.218. The topological polar surface area (TPSA) is 23.6 Å². The first kappa shape index (κ1) is 17.0. The molecule has 0 bridgehead atoms. The van der Waals surface area contributed by atoms with Gasteiger partial charge < -0.3 is 9.80 Å². The minimum Gasteiger partial charge on any atom is -0.343 e. The normalized spacial score (nSPS) is 18.5. The van der Waals surface area contributed by atoms with E-state index in [2.05, 4.69) is 50.1 Å². The highest BCUT2D eigenvalue weighted by Crippen LogP contribution is 2.18. The van der Waals surface area contributed by atoms with Gasteiger partial charge in [0, 0.05) is 33.1 Å². The first-order chi connectivity index (χ1) is 10.5. The lowest BCUT2D eigenvalue weighted by atomic mass is 10.0. The molecule has 0 spiro atoms. The summed E-state index contributed by atoms with van der Waals surface area (Å²) in [6, 6.07) is 9.02. The summed E-state index contributed by atoms with van der Waals surface area (Å²) in [5.41, 5.74) is 2.82. The first-order valence-corrected chi connectivity index (χ1v) is 8.48. The zero-order valence-corrected chi connectivity index (χ0v) is 14.5. The zero-order chi connectivity index (χ0) is 16.1. The van der Waals surface area contributed by atoms with Crippen molar-refractivity contribution in [2.75, 3.05) is 33.2 Å². The number of carbonyl (C=O) groups is 1. The second kappa shape index (κ2) is 7.77. The molecule has 1 atom stereocenters. The lowest BCUT2D eigenvalue weighted by Gasteiger charge is -2.21. The summed E-state index contributed by atoms with van der Waals surface area (Å²) in [5, 5.41) is 0. The van der Waals surface area contributed by atoms with Crippen molar-refractivity contribution in [3.63, 3.8) is 0 Å². The number of likely N-dealkylation sites (N-methyl/N-ethyl adjacent to an activating group) is 1. The Kier molecular flexibility index (Phi) is 6.01. The van der Waals surface area contributed by atoms with Crippen LogP contribution in [0.2, 0.25) is 0 Å². The minimum absolute atomic E-state index is 0.218. The van der Waals surface area contributed by atoms with E-state index in [4.69, 9.17) is 0 Å². The van der Waals surface area contributed by atoms with Crippen molar-refractivity contribution in [3.05, 3.63) is 35.4 Å². The second-order valence-electron chi connectivity index (χ2n) is 7.03. The zero-order valence-electron chi connectivity index (χ0n) is 14.5. The highest BCUT2D eigenvalue weighted by atomic mass is 16.2. The van der Waals surface area contributed by atoms with Crippen LogP contribution in [0.1, 0.15) is 44.2 Å². The fourth-order valence-corrected chi connectivity index (χ4v) is 3.19. The third-order valence-corrected chi connectivity index (χ3v) is 4.73. The lowest BCUT2D eigenvalue weighted by molar-refractivity contribution is -0.127. The van der Waals surface area contributed by atoms with Crippen molar-refractivity contribution in [1.29, 1.82) is 0 Å². The molecule has 0 saturated carbocycles. The van der Waals surface area contributed by atoms with Gasteiger partial charge in [-0.05, 0) is 42.9 Å². The fourth-order valence-electron chi connectivity index (χ4n) is 3.19. The quantitative estimate of drug-likeness (QED) is 0.806. The van der Waals surface area contributed by atoms with Crippen LogP contribution in [0, 0.1) is 5.92 Å². The van der Waals surface area contributed by atoms with Crippen LogP contribution in [-0.2, 0) is 11.2 Å². The molecule has 1 heterocycles. The number of nitrogens with zero attached hydrogens (tertiary/aromatic N) is 2. The molecule has 1 amide bonds. The summed E-state index contributed by atoms with van der Waals surface area (Å²) >= 11 is 0. The summed E-state index contributed by atoms with van der Waals surface area (Å²) in [6.45, 7) is 10.2. The van der Waals surface area contributed by atoms with Gasteiger partial charge in [-0.15, -0.1) is 0 Å². The standard InChI is InChI=1S/C19H30N2O/c1-15(2)19-7-5-17(6-8-19)9-11-20(4)13-18-10-12-21(14-18)16(3)22/h5-8,15,18H,9-14H2,1-4H3/t18-/m1/s1. The SMILES string of the molecule is CC(=O)N1CC[C@H](CN(C)CCc2ccc(C(C)C)cc2)C1. The average molecular weight is 302 g/mol. The van der Waals surface area contributed by atoms with E-state index >= 15 is 0 Å². The molecule has 1 fully saturated rings. The molecule has 1 aromatic rings. The molecule has 1 aromatic carbocycles. The van der Waals surface area contributed by atoms with Gasteiger partial charge in [0.2, 0.25) is 5.91 Å². The van der Waals surface area contributed by atoms with Crippen LogP contribution in [0.4, 0.5) is 0 Å². The number of rotatable bonds is 6. The second-order valence-corrected chi connectivity index (χ2v) is 7.03. The number of hydrogen-bond donors (Lipinski definition) is 0. The van der Waals surface area contributed by atoms with Crippen LogP contribution in [0.5, 0.6) is 0 Å². The summed E-state index contributed by atoms with van der Waals surface area (Å²) < 4.78 is 0. The van der Waals surface area contributed by atoms with Gasteiger partial charge in [-0.25, -0.2) is 0 Å². The molecule has 22 heavy (non-hydrogen) atoms. The van der Waals surface area contributed by atoms with Gasteiger partial charge in [0.15, 0.2) is 0 Å². The van der Waals surface area contributed by atoms with Crippen molar-refractivity contribution in [3.8, 4) is 0 Å². The largest absolute Gasteiger partial charge is 0.343 e. The molecule has 1 aliphatic rings. The highest BCUT2D eigenvalue weighted by molar-refractivity contribution is 5.73. The average Bonchev–Trinajstić information content (AvgIpc) is 2.94. The Morgan fingerprint density at radius 2 is 2.00 bits per heavy atom. The molecule has 2 rings (SSSR count). The number of amides is 1. The van der Waals surface area contributed by atoms with E-state index in [-0.39, 0.29) is 5.91 Å². The van der Waals surface area contributed by atoms with Crippen LogP contribution in [0.3, 0.4) is 0 Å². The Labute approximate surface area is 135 Å². The van der Waals surface area contributed by atoms with E-state index in [0.29, 0.717) is 11.8 Å². The molecular weight excluding hydrogens is 272 g/mol. The van der Waals surface area contributed by atoms with E-state index in [1.165, 1.54) is 11.1 Å². The number of carbonyl (C=O) groups excluding carboxylic acids is 1. The van der Waals surface area contributed by atoms with Crippen molar-refractivity contribution >= 4 is 5.91 Å². The van der Waals surface area contributed by atoms with E-state index < -0.39 is 0 Å². The van der Waals surface area contributed by atoms with Gasteiger partial charge in [-0.1, -0.05) is 38.1 Å². The highest BCUT2D eigenvalue weighted by Gasteiger charge is 2.24. The monoisotopic (exact) mass is 302 g/mol. The summed E-state index contributed by atoms with van der Waals surface area (Å²) in [5.74, 6) is 1.45. The predicted molar refractivity (Wildman–Crippen MR) is 92.1 cm³/mol. The maximum atomic E-state index is 11.4. The van der Waals surface area contributed by atoms with E-state index in [1.54, 1.807) is 6.92 Å². The van der Waals surface area contributed by atoms with Gasteiger partial charge >= 0.3 is 0 Å². The summed E-state index contributed by atoms with van der Waals surface area (Å²) in [7, 11) is 2.19. The molecule has 0 aromatic heterocycles. The fraction of sp³-hybridized carbons (Fsp3) is 0.632. The summed E-state index contributed by atoms with van der Waals surface area (Å²) in [4.78, 5) is 15.8.